The summed E-state index contributed by atoms with van der Waals surface area (Å²) >= 11 is 3.26. The molecule has 0 radical (unpaired) electrons. The lowest BCUT2D eigenvalue weighted by molar-refractivity contribution is 0.862. The van der Waals surface area contributed by atoms with Crippen LogP contribution < -0.4 is 5.73 Å². The lowest BCUT2D eigenvalue weighted by Gasteiger charge is -2.04. The molecule has 4 heteroatoms. The van der Waals surface area contributed by atoms with E-state index in [4.69, 9.17) is 5.73 Å². The van der Waals surface area contributed by atoms with E-state index in [1.807, 2.05) is 16.8 Å². The molecule has 0 aromatic carbocycles. The predicted octanol–water partition coefficient (Wildman–Crippen LogP) is 2.25. The van der Waals surface area contributed by atoms with Crippen molar-refractivity contribution in [1.29, 1.82) is 0 Å². The second-order valence-corrected chi connectivity index (χ2v) is 4.11. The van der Waals surface area contributed by atoms with Crippen LogP contribution in [-0.4, -0.2) is 4.98 Å². The fraction of sp³-hybridized carbons (Fsp3) is 0.125. The molecular formula is C8H8N2S2. The zero-order chi connectivity index (χ0) is 8.39. The van der Waals surface area contributed by atoms with E-state index in [1.165, 1.54) is 0 Å². The Bertz CT molecular complexity index is 292. The van der Waals surface area contributed by atoms with Crippen molar-refractivity contribution in [1.82, 2.24) is 4.98 Å². The van der Waals surface area contributed by atoms with Crippen LogP contribution in [0.5, 0.6) is 0 Å². The van der Waals surface area contributed by atoms with Gasteiger partial charge < -0.3 is 5.73 Å². The summed E-state index contributed by atoms with van der Waals surface area (Å²) in [5.74, 6) is 0. The Morgan fingerprint density at radius 3 is 2.92 bits per heavy atom. The summed E-state index contributed by atoms with van der Waals surface area (Å²) in [6, 6.07) is 1.99. The molecule has 2 N–H and O–H groups in total. The normalized spacial score (nSPS) is 13.1. The summed E-state index contributed by atoms with van der Waals surface area (Å²) in [6.45, 7) is 0. The first-order chi connectivity index (χ1) is 5.88. The molecule has 2 rings (SSSR count). The molecule has 0 aliphatic rings. The van der Waals surface area contributed by atoms with E-state index in [-0.39, 0.29) is 6.04 Å². The number of thiazole rings is 1. The summed E-state index contributed by atoms with van der Waals surface area (Å²) in [7, 11) is 0. The molecule has 0 bridgehead atoms. The molecule has 1 atom stereocenters. The molecule has 2 heterocycles. The van der Waals surface area contributed by atoms with Gasteiger partial charge in [0.1, 0.15) is 5.01 Å². The highest BCUT2D eigenvalue weighted by Gasteiger charge is 2.10. The van der Waals surface area contributed by atoms with Gasteiger partial charge in [-0.2, -0.15) is 11.3 Å². The molecule has 0 amide bonds. The molecule has 0 aliphatic carbocycles. The van der Waals surface area contributed by atoms with Crippen molar-refractivity contribution in [2.45, 2.75) is 6.04 Å². The van der Waals surface area contributed by atoms with Gasteiger partial charge in [-0.25, -0.2) is 4.98 Å². The highest BCUT2D eigenvalue weighted by molar-refractivity contribution is 7.09. The number of nitrogens with zero attached hydrogens (tertiary/aromatic N) is 1. The van der Waals surface area contributed by atoms with Crippen molar-refractivity contribution in [3.05, 3.63) is 39.0 Å². The van der Waals surface area contributed by atoms with Crippen molar-refractivity contribution in [3.63, 3.8) is 0 Å². The average Bonchev–Trinajstić information content (AvgIpc) is 2.77. The number of rotatable bonds is 2. The first-order valence-electron chi connectivity index (χ1n) is 3.55. The molecule has 0 saturated carbocycles. The Labute approximate surface area is 78.7 Å². The lowest BCUT2D eigenvalue weighted by Crippen LogP contribution is -2.09. The predicted molar refractivity (Wildman–Crippen MR) is 52.5 cm³/mol. The van der Waals surface area contributed by atoms with E-state index in [2.05, 4.69) is 10.4 Å². The summed E-state index contributed by atoms with van der Waals surface area (Å²) in [6.07, 6.45) is 1.78. The Kier molecular flexibility index (Phi) is 2.21. The standard InChI is InChI=1S/C8H8N2S2/c9-7(6-1-3-11-5-6)8-10-2-4-12-8/h1-5,7H,9H2. The van der Waals surface area contributed by atoms with Gasteiger partial charge in [0.2, 0.25) is 0 Å². The second kappa shape index (κ2) is 3.35. The van der Waals surface area contributed by atoms with Crippen LogP contribution in [0.3, 0.4) is 0 Å². The van der Waals surface area contributed by atoms with E-state index in [0.717, 1.165) is 10.6 Å². The van der Waals surface area contributed by atoms with Crippen LogP contribution in [0.15, 0.2) is 28.4 Å². The Balaban J connectivity index is 2.27. The zero-order valence-corrected chi connectivity index (χ0v) is 7.94. The Morgan fingerprint density at radius 2 is 2.33 bits per heavy atom. The topological polar surface area (TPSA) is 38.9 Å². The van der Waals surface area contributed by atoms with Gasteiger partial charge in [-0.15, -0.1) is 11.3 Å². The minimum absolute atomic E-state index is 0.0451. The van der Waals surface area contributed by atoms with E-state index < -0.39 is 0 Å². The van der Waals surface area contributed by atoms with Crippen molar-refractivity contribution in [3.8, 4) is 0 Å². The molecule has 2 nitrogen and oxygen atoms in total. The van der Waals surface area contributed by atoms with Gasteiger partial charge in [-0.1, -0.05) is 0 Å². The van der Waals surface area contributed by atoms with E-state index in [0.29, 0.717) is 0 Å². The maximum atomic E-state index is 5.96. The van der Waals surface area contributed by atoms with E-state index in [9.17, 15) is 0 Å². The Morgan fingerprint density at radius 1 is 1.42 bits per heavy atom. The minimum atomic E-state index is -0.0451. The summed E-state index contributed by atoms with van der Waals surface area (Å²) in [5, 5.41) is 7.02. The van der Waals surface area contributed by atoms with Crippen molar-refractivity contribution < 1.29 is 0 Å². The molecule has 12 heavy (non-hydrogen) atoms. The summed E-state index contributed by atoms with van der Waals surface area (Å²) in [5.41, 5.74) is 7.11. The van der Waals surface area contributed by atoms with Crippen LogP contribution in [0.1, 0.15) is 16.6 Å². The third-order valence-corrected chi connectivity index (χ3v) is 3.18. The van der Waals surface area contributed by atoms with Crippen molar-refractivity contribution >= 4 is 22.7 Å². The number of aromatic nitrogens is 1. The fourth-order valence-corrected chi connectivity index (χ4v) is 2.34. The monoisotopic (exact) mass is 196 g/mol. The minimum Gasteiger partial charge on any atom is -0.318 e. The molecule has 62 valence electrons. The average molecular weight is 196 g/mol. The fourth-order valence-electron chi connectivity index (χ4n) is 0.983. The summed E-state index contributed by atoms with van der Waals surface area (Å²) in [4.78, 5) is 4.17. The number of hydrogen-bond acceptors (Lipinski definition) is 4. The molecule has 2 aromatic heterocycles. The summed E-state index contributed by atoms with van der Waals surface area (Å²) < 4.78 is 0. The van der Waals surface area contributed by atoms with Gasteiger partial charge in [-0.05, 0) is 22.4 Å². The van der Waals surface area contributed by atoms with Crippen LogP contribution in [0, 0.1) is 0 Å². The molecule has 0 aliphatic heterocycles. The highest BCUT2D eigenvalue weighted by atomic mass is 32.1. The van der Waals surface area contributed by atoms with Crippen LogP contribution in [0.2, 0.25) is 0 Å². The molecule has 1 unspecified atom stereocenters. The molecule has 2 aromatic rings. The Hall–Kier alpha value is -0.710. The van der Waals surface area contributed by atoms with E-state index in [1.54, 1.807) is 28.9 Å². The van der Waals surface area contributed by atoms with E-state index >= 15 is 0 Å². The van der Waals surface area contributed by atoms with Gasteiger partial charge >= 0.3 is 0 Å². The van der Waals surface area contributed by atoms with Crippen LogP contribution in [-0.2, 0) is 0 Å². The van der Waals surface area contributed by atoms with Crippen molar-refractivity contribution in [2.24, 2.45) is 5.73 Å². The molecular weight excluding hydrogens is 188 g/mol. The number of thiophene rings is 1. The van der Waals surface area contributed by atoms with Crippen LogP contribution in [0.25, 0.3) is 0 Å². The lowest BCUT2D eigenvalue weighted by atomic mass is 10.2. The SMILES string of the molecule is NC(c1ccsc1)c1nccs1. The molecule has 0 spiro atoms. The number of nitrogens with two attached hydrogens (primary N) is 1. The smallest absolute Gasteiger partial charge is 0.114 e. The third kappa shape index (κ3) is 1.41. The third-order valence-electron chi connectivity index (χ3n) is 1.62. The largest absolute Gasteiger partial charge is 0.318 e. The van der Waals surface area contributed by atoms with Gasteiger partial charge in [0.25, 0.3) is 0 Å². The molecule has 0 fully saturated rings. The van der Waals surface area contributed by atoms with Crippen LogP contribution in [0.4, 0.5) is 0 Å². The second-order valence-electron chi connectivity index (χ2n) is 2.40. The van der Waals surface area contributed by atoms with Crippen molar-refractivity contribution in [2.75, 3.05) is 0 Å². The van der Waals surface area contributed by atoms with Gasteiger partial charge in [0.05, 0.1) is 6.04 Å². The van der Waals surface area contributed by atoms with Gasteiger partial charge in [-0.3, -0.25) is 0 Å². The highest BCUT2D eigenvalue weighted by Crippen LogP contribution is 2.22. The number of hydrogen-bond donors (Lipinski definition) is 1. The maximum absolute atomic E-state index is 5.96. The van der Waals surface area contributed by atoms with Gasteiger partial charge in [0.15, 0.2) is 0 Å². The maximum Gasteiger partial charge on any atom is 0.114 e. The molecule has 0 saturated heterocycles. The zero-order valence-electron chi connectivity index (χ0n) is 6.31. The first-order valence-corrected chi connectivity index (χ1v) is 5.37. The first kappa shape index (κ1) is 7.91. The van der Waals surface area contributed by atoms with Crippen LogP contribution >= 0.6 is 22.7 Å². The quantitative estimate of drug-likeness (QED) is 0.800. The van der Waals surface area contributed by atoms with Gasteiger partial charge in [0, 0.05) is 11.6 Å².